The van der Waals surface area contributed by atoms with Crippen LogP contribution in [-0.4, -0.2) is 37.2 Å². The number of urea groups is 1. The van der Waals surface area contributed by atoms with Gasteiger partial charge in [-0.1, -0.05) is 24.6 Å². The van der Waals surface area contributed by atoms with E-state index in [0.717, 1.165) is 23.1 Å². The summed E-state index contributed by atoms with van der Waals surface area (Å²) in [4.78, 5) is 34.7. The number of nitrogens with one attached hydrogen (secondary N) is 2. The molecule has 0 radical (unpaired) electrons. The maximum atomic E-state index is 11.7. The summed E-state index contributed by atoms with van der Waals surface area (Å²) in [6, 6.07) is 3.25. The highest BCUT2D eigenvalue weighted by atomic mass is 16.6. The highest BCUT2D eigenvalue weighted by molar-refractivity contribution is 5.95. The molecule has 25 heavy (non-hydrogen) atoms. The Labute approximate surface area is 148 Å². The molecule has 0 aliphatic rings. The van der Waals surface area contributed by atoms with Crippen molar-refractivity contribution in [2.45, 2.75) is 47.1 Å². The number of esters is 1. The number of imide groups is 1. The van der Waals surface area contributed by atoms with Gasteiger partial charge in [-0.2, -0.15) is 0 Å². The van der Waals surface area contributed by atoms with Gasteiger partial charge in [-0.05, 0) is 45.2 Å². The van der Waals surface area contributed by atoms with E-state index in [-0.39, 0.29) is 12.6 Å². The molecule has 3 amide bonds. The van der Waals surface area contributed by atoms with Crippen LogP contribution < -0.4 is 15.4 Å². The molecule has 2 N–H and O–H groups in total. The van der Waals surface area contributed by atoms with Crippen molar-refractivity contribution in [2.24, 2.45) is 0 Å². The summed E-state index contributed by atoms with van der Waals surface area (Å²) in [5.41, 5.74) is 2.95. The van der Waals surface area contributed by atoms with Crippen LogP contribution in [0.1, 0.15) is 37.0 Å². The number of hydrogen-bond acceptors (Lipinski definition) is 5. The third-order valence-corrected chi connectivity index (χ3v) is 3.55. The van der Waals surface area contributed by atoms with Crippen molar-refractivity contribution in [3.63, 3.8) is 0 Å². The lowest BCUT2D eigenvalue weighted by molar-refractivity contribution is -0.150. The minimum atomic E-state index is -0.697. The second-order valence-corrected chi connectivity index (χ2v) is 6.01. The molecule has 7 nitrogen and oxygen atoms in total. The van der Waals surface area contributed by atoms with E-state index in [9.17, 15) is 14.4 Å². The van der Waals surface area contributed by atoms with Gasteiger partial charge in [0.25, 0.3) is 5.91 Å². The van der Waals surface area contributed by atoms with Gasteiger partial charge < -0.3 is 14.8 Å². The average Bonchev–Trinajstić information content (AvgIpc) is 2.51. The molecule has 0 saturated carbocycles. The van der Waals surface area contributed by atoms with Gasteiger partial charge in [-0.25, -0.2) is 9.59 Å². The summed E-state index contributed by atoms with van der Waals surface area (Å²) in [5.74, 6) is -0.756. The second-order valence-electron chi connectivity index (χ2n) is 6.01. The van der Waals surface area contributed by atoms with Crippen LogP contribution in [0.5, 0.6) is 5.75 Å². The molecular formula is C18H26N2O5. The number of carbonyl (C=O) groups is 3. The molecule has 0 spiro atoms. The third kappa shape index (κ3) is 7.24. The topological polar surface area (TPSA) is 93.7 Å². The SMILES string of the molecule is CC[C@H](C)NC(=O)NC(=O)COC(=O)COc1c(C)cc(C)cc1C. The van der Waals surface area contributed by atoms with Crippen molar-refractivity contribution in [2.75, 3.05) is 13.2 Å². The fourth-order valence-corrected chi connectivity index (χ4v) is 2.24. The van der Waals surface area contributed by atoms with E-state index in [1.165, 1.54) is 0 Å². The molecule has 0 fully saturated rings. The minimum absolute atomic E-state index is 0.0512. The van der Waals surface area contributed by atoms with Gasteiger partial charge in [-0.15, -0.1) is 0 Å². The van der Waals surface area contributed by atoms with Crippen molar-refractivity contribution in [1.82, 2.24) is 10.6 Å². The number of aryl methyl sites for hydroxylation is 3. The molecule has 1 atom stereocenters. The first kappa shape index (κ1) is 20.5. The van der Waals surface area contributed by atoms with Crippen LogP contribution >= 0.6 is 0 Å². The molecule has 0 aliphatic carbocycles. The molecule has 0 unspecified atom stereocenters. The summed E-state index contributed by atoms with van der Waals surface area (Å²) in [7, 11) is 0. The number of amides is 3. The Morgan fingerprint density at radius 3 is 2.24 bits per heavy atom. The van der Waals surface area contributed by atoms with Gasteiger partial charge in [0.1, 0.15) is 5.75 Å². The summed E-state index contributed by atoms with van der Waals surface area (Å²) in [5, 5.41) is 4.67. The Kier molecular flexibility index (Phi) is 7.91. The molecular weight excluding hydrogens is 324 g/mol. The predicted octanol–water partition coefficient (Wildman–Crippen LogP) is 2.16. The standard InChI is InChI=1S/C18H26N2O5/c1-6-14(5)19-18(23)20-15(21)9-24-16(22)10-25-17-12(3)7-11(2)8-13(17)4/h7-8,14H,6,9-10H2,1-5H3,(H2,19,20,21,23)/t14-/m0/s1. The lowest BCUT2D eigenvalue weighted by atomic mass is 10.1. The maximum absolute atomic E-state index is 11.7. The van der Waals surface area contributed by atoms with Gasteiger partial charge in [0.15, 0.2) is 13.2 Å². The van der Waals surface area contributed by atoms with Crippen LogP contribution in [0, 0.1) is 20.8 Å². The number of ether oxygens (including phenoxy) is 2. The summed E-state index contributed by atoms with van der Waals surface area (Å²) in [6.45, 7) is 8.64. The predicted molar refractivity (Wildman–Crippen MR) is 93.5 cm³/mol. The van der Waals surface area contributed by atoms with Crippen LogP contribution in [0.15, 0.2) is 12.1 Å². The Balaban J connectivity index is 2.38. The first-order chi connectivity index (χ1) is 11.7. The summed E-state index contributed by atoms with van der Waals surface area (Å²) >= 11 is 0. The van der Waals surface area contributed by atoms with Gasteiger partial charge in [-0.3, -0.25) is 10.1 Å². The normalized spacial score (nSPS) is 11.4. The average molecular weight is 350 g/mol. The Bertz CT molecular complexity index is 619. The van der Waals surface area contributed by atoms with E-state index in [1.54, 1.807) is 0 Å². The zero-order valence-electron chi connectivity index (χ0n) is 15.4. The van der Waals surface area contributed by atoms with Gasteiger partial charge in [0.05, 0.1) is 0 Å². The van der Waals surface area contributed by atoms with Gasteiger partial charge >= 0.3 is 12.0 Å². The van der Waals surface area contributed by atoms with Crippen LogP contribution in [0.2, 0.25) is 0 Å². The molecule has 1 aromatic rings. The minimum Gasteiger partial charge on any atom is -0.481 e. The third-order valence-electron chi connectivity index (χ3n) is 3.55. The second kappa shape index (κ2) is 9.66. The first-order valence-corrected chi connectivity index (χ1v) is 8.19. The monoisotopic (exact) mass is 350 g/mol. The molecule has 0 aliphatic heterocycles. The fraction of sp³-hybridized carbons (Fsp3) is 0.500. The van der Waals surface area contributed by atoms with E-state index < -0.39 is 24.5 Å². The van der Waals surface area contributed by atoms with Crippen molar-refractivity contribution < 1.29 is 23.9 Å². The Hall–Kier alpha value is -2.57. The highest BCUT2D eigenvalue weighted by Crippen LogP contribution is 2.24. The number of carbonyl (C=O) groups excluding carboxylic acids is 3. The smallest absolute Gasteiger partial charge is 0.344 e. The van der Waals surface area contributed by atoms with Crippen LogP contribution in [0.25, 0.3) is 0 Å². The summed E-state index contributed by atoms with van der Waals surface area (Å²) in [6.07, 6.45) is 0.742. The van der Waals surface area contributed by atoms with Crippen molar-refractivity contribution in [3.05, 3.63) is 28.8 Å². The van der Waals surface area contributed by atoms with Crippen LogP contribution in [0.3, 0.4) is 0 Å². The van der Waals surface area contributed by atoms with Crippen LogP contribution in [0.4, 0.5) is 4.79 Å². The lowest BCUT2D eigenvalue weighted by Gasteiger charge is -2.13. The van der Waals surface area contributed by atoms with Crippen LogP contribution in [-0.2, 0) is 14.3 Å². The van der Waals surface area contributed by atoms with E-state index >= 15 is 0 Å². The van der Waals surface area contributed by atoms with E-state index in [1.807, 2.05) is 46.8 Å². The quantitative estimate of drug-likeness (QED) is 0.735. The van der Waals surface area contributed by atoms with E-state index in [0.29, 0.717) is 5.75 Å². The van der Waals surface area contributed by atoms with E-state index in [2.05, 4.69) is 10.6 Å². The van der Waals surface area contributed by atoms with Crippen molar-refractivity contribution in [3.8, 4) is 5.75 Å². The van der Waals surface area contributed by atoms with Crippen molar-refractivity contribution >= 4 is 17.9 Å². The fourth-order valence-electron chi connectivity index (χ4n) is 2.24. The Morgan fingerprint density at radius 2 is 1.68 bits per heavy atom. The molecule has 1 aromatic carbocycles. The highest BCUT2D eigenvalue weighted by Gasteiger charge is 2.13. The largest absolute Gasteiger partial charge is 0.481 e. The molecule has 138 valence electrons. The van der Waals surface area contributed by atoms with Gasteiger partial charge in [0, 0.05) is 6.04 Å². The lowest BCUT2D eigenvalue weighted by Crippen LogP contribution is -2.44. The van der Waals surface area contributed by atoms with E-state index in [4.69, 9.17) is 9.47 Å². The Morgan fingerprint density at radius 1 is 1.08 bits per heavy atom. The zero-order chi connectivity index (χ0) is 19.0. The summed E-state index contributed by atoms with van der Waals surface area (Å²) < 4.78 is 10.3. The molecule has 7 heteroatoms. The maximum Gasteiger partial charge on any atom is 0.344 e. The van der Waals surface area contributed by atoms with Gasteiger partial charge in [0.2, 0.25) is 0 Å². The molecule has 0 bridgehead atoms. The number of benzene rings is 1. The molecule has 0 aromatic heterocycles. The number of hydrogen-bond donors (Lipinski definition) is 2. The molecule has 0 heterocycles. The molecule has 0 saturated heterocycles. The number of rotatable bonds is 7. The van der Waals surface area contributed by atoms with Crippen molar-refractivity contribution in [1.29, 1.82) is 0 Å². The zero-order valence-corrected chi connectivity index (χ0v) is 15.4. The molecule has 1 rings (SSSR count). The first-order valence-electron chi connectivity index (χ1n) is 8.19.